The molecule has 1 rings (SSSR count). The third-order valence-corrected chi connectivity index (χ3v) is 4.21. The summed E-state index contributed by atoms with van der Waals surface area (Å²) in [5, 5.41) is 6.96. The number of nitrogens with one attached hydrogen (secondary N) is 2. The van der Waals surface area contributed by atoms with Crippen LogP contribution in [0.4, 0.5) is 0 Å². The molecule has 1 aliphatic carbocycles. The van der Waals surface area contributed by atoms with Crippen LogP contribution in [0.2, 0.25) is 0 Å². The van der Waals surface area contributed by atoms with Crippen molar-refractivity contribution < 1.29 is 4.79 Å². The molecule has 0 radical (unpaired) electrons. The van der Waals surface area contributed by atoms with Crippen molar-refractivity contribution in [3.63, 3.8) is 0 Å². The molecule has 4 heteroatoms. The molecule has 0 spiro atoms. The minimum Gasteiger partial charge on any atom is -0.359 e. The Labute approximate surface area is 96.8 Å². The topological polar surface area (TPSA) is 41.1 Å². The Morgan fingerprint density at radius 3 is 2.53 bits per heavy atom. The summed E-state index contributed by atoms with van der Waals surface area (Å²) < 4.78 is 0. The summed E-state index contributed by atoms with van der Waals surface area (Å²) in [6.45, 7) is 0.814. The molecular formula is C11H22N2OS. The highest BCUT2D eigenvalue weighted by Gasteiger charge is 2.19. The molecule has 0 bridgehead atoms. The SMILES string of the molecule is CNC(=O)CCNC1CCC(SC)CC1. The second-order valence-electron chi connectivity index (χ2n) is 4.09. The Kier molecular flexibility index (Phi) is 6.10. The van der Waals surface area contributed by atoms with E-state index in [-0.39, 0.29) is 5.91 Å². The van der Waals surface area contributed by atoms with Crippen molar-refractivity contribution in [2.24, 2.45) is 0 Å². The van der Waals surface area contributed by atoms with Gasteiger partial charge in [-0.1, -0.05) is 0 Å². The summed E-state index contributed by atoms with van der Waals surface area (Å²) in [5.41, 5.74) is 0. The van der Waals surface area contributed by atoms with Gasteiger partial charge in [-0.25, -0.2) is 0 Å². The van der Waals surface area contributed by atoms with E-state index in [1.165, 1.54) is 25.7 Å². The number of hydrogen-bond donors (Lipinski definition) is 2. The van der Waals surface area contributed by atoms with Gasteiger partial charge in [0.15, 0.2) is 0 Å². The Bertz CT molecular complexity index is 191. The maximum atomic E-state index is 11.0. The minimum atomic E-state index is 0.125. The molecule has 0 atom stereocenters. The Morgan fingerprint density at radius 2 is 2.00 bits per heavy atom. The van der Waals surface area contributed by atoms with Crippen LogP contribution in [0.3, 0.4) is 0 Å². The first kappa shape index (κ1) is 12.8. The van der Waals surface area contributed by atoms with Gasteiger partial charge in [0.2, 0.25) is 5.91 Å². The van der Waals surface area contributed by atoms with E-state index in [1.54, 1.807) is 7.05 Å². The van der Waals surface area contributed by atoms with Crippen LogP contribution < -0.4 is 10.6 Å². The zero-order valence-electron chi connectivity index (χ0n) is 9.71. The summed E-state index contributed by atoms with van der Waals surface area (Å²) in [4.78, 5) is 11.0. The molecule has 1 amide bonds. The largest absolute Gasteiger partial charge is 0.359 e. The van der Waals surface area contributed by atoms with Crippen molar-refractivity contribution in [3.05, 3.63) is 0 Å². The minimum absolute atomic E-state index is 0.125. The first-order valence-corrected chi connectivity index (χ1v) is 7.01. The fraction of sp³-hybridized carbons (Fsp3) is 0.909. The highest BCUT2D eigenvalue weighted by Crippen LogP contribution is 2.26. The molecule has 0 unspecified atom stereocenters. The van der Waals surface area contributed by atoms with Crippen LogP contribution in [0.15, 0.2) is 0 Å². The fourth-order valence-corrected chi connectivity index (χ4v) is 2.76. The summed E-state index contributed by atoms with van der Waals surface area (Å²) in [5.74, 6) is 0.125. The number of carbonyl (C=O) groups excluding carboxylic acids is 1. The van der Waals surface area contributed by atoms with Gasteiger partial charge in [0.25, 0.3) is 0 Å². The molecule has 0 aromatic carbocycles. The van der Waals surface area contributed by atoms with Gasteiger partial charge >= 0.3 is 0 Å². The van der Waals surface area contributed by atoms with Gasteiger partial charge < -0.3 is 10.6 Å². The Morgan fingerprint density at radius 1 is 1.33 bits per heavy atom. The lowest BCUT2D eigenvalue weighted by atomic mass is 9.95. The summed E-state index contributed by atoms with van der Waals surface area (Å²) in [6.07, 6.45) is 7.96. The first-order valence-electron chi connectivity index (χ1n) is 5.73. The van der Waals surface area contributed by atoms with Crippen LogP contribution in [-0.4, -0.2) is 37.0 Å². The predicted octanol–water partition coefficient (Wildman–Crippen LogP) is 1.39. The summed E-state index contributed by atoms with van der Waals surface area (Å²) in [7, 11) is 1.69. The molecule has 2 N–H and O–H groups in total. The van der Waals surface area contributed by atoms with Crippen molar-refractivity contribution in [2.75, 3.05) is 19.8 Å². The number of carbonyl (C=O) groups is 1. The molecular weight excluding hydrogens is 208 g/mol. The predicted molar refractivity (Wildman–Crippen MR) is 66.2 cm³/mol. The molecule has 3 nitrogen and oxygen atoms in total. The molecule has 0 heterocycles. The fourth-order valence-electron chi connectivity index (χ4n) is 2.02. The van der Waals surface area contributed by atoms with Crippen LogP contribution in [-0.2, 0) is 4.79 Å². The van der Waals surface area contributed by atoms with Crippen molar-refractivity contribution >= 4 is 17.7 Å². The molecule has 1 aliphatic rings. The second kappa shape index (κ2) is 7.12. The molecule has 15 heavy (non-hydrogen) atoms. The summed E-state index contributed by atoms with van der Waals surface area (Å²) in [6, 6.07) is 0.637. The monoisotopic (exact) mass is 230 g/mol. The molecule has 0 saturated heterocycles. The average molecular weight is 230 g/mol. The smallest absolute Gasteiger partial charge is 0.221 e. The van der Waals surface area contributed by atoms with Crippen LogP contribution in [0.5, 0.6) is 0 Å². The van der Waals surface area contributed by atoms with Gasteiger partial charge in [0, 0.05) is 31.3 Å². The maximum absolute atomic E-state index is 11.0. The highest BCUT2D eigenvalue weighted by atomic mass is 32.2. The van der Waals surface area contributed by atoms with Crippen molar-refractivity contribution in [1.29, 1.82) is 0 Å². The van der Waals surface area contributed by atoms with E-state index in [2.05, 4.69) is 16.9 Å². The van der Waals surface area contributed by atoms with Crippen molar-refractivity contribution in [2.45, 2.75) is 43.4 Å². The highest BCUT2D eigenvalue weighted by molar-refractivity contribution is 7.99. The zero-order valence-corrected chi connectivity index (χ0v) is 10.5. The lowest BCUT2D eigenvalue weighted by Crippen LogP contribution is -2.36. The van der Waals surface area contributed by atoms with Crippen LogP contribution in [0, 0.1) is 0 Å². The van der Waals surface area contributed by atoms with E-state index >= 15 is 0 Å². The van der Waals surface area contributed by atoms with Gasteiger partial charge in [-0.3, -0.25) is 4.79 Å². The normalized spacial score (nSPS) is 26.3. The Balaban J connectivity index is 2.06. The van der Waals surface area contributed by atoms with E-state index in [4.69, 9.17) is 0 Å². The van der Waals surface area contributed by atoms with Gasteiger partial charge in [-0.2, -0.15) is 11.8 Å². The quantitative estimate of drug-likeness (QED) is 0.750. The van der Waals surface area contributed by atoms with E-state index in [0.29, 0.717) is 12.5 Å². The summed E-state index contributed by atoms with van der Waals surface area (Å²) >= 11 is 1.99. The molecule has 0 aromatic heterocycles. The van der Waals surface area contributed by atoms with Gasteiger partial charge in [-0.15, -0.1) is 0 Å². The number of hydrogen-bond acceptors (Lipinski definition) is 3. The van der Waals surface area contributed by atoms with Crippen LogP contribution >= 0.6 is 11.8 Å². The third kappa shape index (κ3) is 4.89. The van der Waals surface area contributed by atoms with Crippen LogP contribution in [0.25, 0.3) is 0 Å². The van der Waals surface area contributed by atoms with E-state index in [1.807, 2.05) is 11.8 Å². The molecule has 0 aliphatic heterocycles. The number of rotatable bonds is 5. The van der Waals surface area contributed by atoms with Crippen molar-refractivity contribution in [3.8, 4) is 0 Å². The lowest BCUT2D eigenvalue weighted by molar-refractivity contribution is -0.120. The second-order valence-corrected chi connectivity index (χ2v) is 5.22. The zero-order chi connectivity index (χ0) is 11.1. The van der Waals surface area contributed by atoms with E-state index in [0.717, 1.165) is 11.8 Å². The van der Waals surface area contributed by atoms with Gasteiger partial charge in [0.05, 0.1) is 0 Å². The van der Waals surface area contributed by atoms with E-state index in [9.17, 15) is 4.79 Å². The number of thioether (sulfide) groups is 1. The molecule has 1 fully saturated rings. The maximum Gasteiger partial charge on any atom is 0.221 e. The molecule has 88 valence electrons. The molecule has 0 aromatic rings. The standard InChI is InChI=1S/C11H22N2OS/c1-12-11(14)7-8-13-9-3-5-10(15-2)6-4-9/h9-10,13H,3-8H2,1-2H3,(H,12,14). The third-order valence-electron chi connectivity index (χ3n) is 3.07. The average Bonchev–Trinajstić information content (AvgIpc) is 2.29. The molecule has 1 saturated carbocycles. The Hall–Kier alpha value is -0.220. The van der Waals surface area contributed by atoms with Gasteiger partial charge in [0.1, 0.15) is 0 Å². The van der Waals surface area contributed by atoms with E-state index < -0.39 is 0 Å². The first-order chi connectivity index (χ1) is 7.26. The van der Waals surface area contributed by atoms with Crippen molar-refractivity contribution in [1.82, 2.24) is 10.6 Å². The lowest BCUT2D eigenvalue weighted by Gasteiger charge is -2.28. The number of amides is 1. The van der Waals surface area contributed by atoms with Gasteiger partial charge in [-0.05, 0) is 31.9 Å². The van der Waals surface area contributed by atoms with Crippen LogP contribution in [0.1, 0.15) is 32.1 Å².